The zero-order chi connectivity index (χ0) is 14.4. The summed E-state index contributed by atoms with van der Waals surface area (Å²) in [5.41, 5.74) is 0.744. The van der Waals surface area contributed by atoms with Gasteiger partial charge in [-0.1, -0.05) is 11.8 Å². The number of rotatable bonds is 2. The Morgan fingerprint density at radius 3 is 2.85 bits per heavy atom. The lowest BCUT2D eigenvalue weighted by molar-refractivity contribution is 0.0302. The van der Waals surface area contributed by atoms with E-state index in [1.54, 1.807) is 4.90 Å². The van der Waals surface area contributed by atoms with Gasteiger partial charge >= 0.3 is 0 Å². The van der Waals surface area contributed by atoms with E-state index in [4.69, 9.17) is 9.84 Å². The molecule has 0 spiro atoms. The lowest BCUT2D eigenvalue weighted by Crippen LogP contribution is -2.41. The number of ether oxygens (including phenoxy) is 1. The maximum Gasteiger partial charge on any atom is 0.255 e. The Bertz CT molecular complexity index is 542. The number of carbonyl (C=O) groups is 1. The smallest absolute Gasteiger partial charge is 0.255 e. The van der Waals surface area contributed by atoms with Gasteiger partial charge in [0.2, 0.25) is 0 Å². The minimum absolute atomic E-state index is 0.0605. The summed E-state index contributed by atoms with van der Waals surface area (Å²) in [6, 6.07) is 3.96. The summed E-state index contributed by atoms with van der Waals surface area (Å²) in [7, 11) is 0. The third kappa shape index (κ3) is 3.56. The second-order valence-corrected chi connectivity index (χ2v) is 4.37. The van der Waals surface area contributed by atoms with Crippen LogP contribution in [0, 0.1) is 17.7 Å². The minimum atomic E-state index is -0.433. The molecule has 1 heterocycles. The standard InChI is InChI=1S/C15H16FNO3/c16-13-4-5-14(12(11-13)3-1-2-8-18)15(19)17-6-9-20-10-7-17/h4-5,11,18H,2,6-10H2. The number of aliphatic hydroxyl groups excluding tert-OH is 1. The van der Waals surface area contributed by atoms with Gasteiger partial charge in [-0.3, -0.25) is 4.79 Å². The molecule has 0 bridgehead atoms. The first-order chi connectivity index (χ1) is 9.72. The van der Waals surface area contributed by atoms with Crippen molar-refractivity contribution in [1.29, 1.82) is 0 Å². The summed E-state index contributed by atoms with van der Waals surface area (Å²) < 4.78 is 18.5. The number of morpholine rings is 1. The molecular formula is C15H16FNO3. The van der Waals surface area contributed by atoms with Gasteiger partial charge in [0.05, 0.1) is 25.4 Å². The number of carbonyl (C=O) groups excluding carboxylic acids is 1. The molecule has 1 aliphatic heterocycles. The van der Waals surface area contributed by atoms with E-state index in [0.717, 1.165) is 0 Å². The predicted molar refractivity (Wildman–Crippen MR) is 71.7 cm³/mol. The number of hydrogen-bond donors (Lipinski definition) is 1. The van der Waals surface area contributed by atoms with E-state index in [-0.39, 0.29) is 12.5 Å². The Morgan fingerprint density at radius 2 is 2.15 bits per heavy atom. The zero-order valence-electron chi connectivity index (χ0n) is 11.1. The fraction of sp³-hybridized carbons (Fsp3) is 0.400. The molecule has 0 atom stereocenters. The summed E-state index contributed by atoms with van der Waals surface area (Å²) >= 11 is 0. The van der Waals surface area contributed by atoms with Gasteiger partial charge < -0.3 is 14.7 Å². The summed E-state index contributed by atoms with van der Waals surface area (Å²) in [6.07, 6.45) is 0.293. The average molecular weight is 277 g/mol. The van der Waals surface area contributed by atoms with Gasteiger partial charge in [-0.15, -0.1) is 0 Å². The third-order valence-corrected chi connectivity index (χ3v) is 2.97. The molecule has 106 valence electrons. The predicted octanol–water partition coefficient (Wildman–Crippen LogP) is 1.03. The Morgan fingerprint density at radius 1 is 1.40 bits per heavy atom. The Hall–Kier alpha value is -1.90. The summed E-state index contributed by atoms with van der Waals surface area (Å²) in [5.74, 6) is 4.86. The molecule has 0 saturated carbocycles. The summed E-state index contributed by atoms with van der Waals surface area (Å²) in [4.78, 5) is 14.1. The second-order valence-electron chi connectivity index (χ2n) is 4.37. The Kier molecular flexibility index (Phi) is 5.10. The number of benzene rings is 1. The second kappa shape index (κ2) is 7.04. The van der Waals surface area contributed by atoms with Crippen LogP contribution in [0.1, 0.15) is 22.3 Å². The number of halogens is 1. The molecule has 1 amide bonds. The highest BCUT2D eigenvalue weighted by Gasteiger charge is 2.20. The Labute approximate surface area is 117 Å². The van der Waals surface area contributed by atoms with E-state index >= 15 is 0 Å². The van der Waals surface area contributed by atoms with Crippen molar-refractivity contribution >= 4 is 5.91 Å². The van der Waals surface area contributed by atoms with Crippen molar-refractivity contribution in [3.05, 3.63) is 35.1 Å². The molecule has 1 aromatic rings. The molecule has 0 aromatic heterocycles. The third-order valence-electron chi connectivity index (χ3n) is 2.97. The maximum absolute atomic E-state index is 13.3. The van der Waals surface area contributed by atoms with Crippen LogP contribution in [-0.4, -0.2) is 48.8 Å². The van der Waals surface area contributed by atoms with Crippen molar-refractivity contribution in [3.63, 3.8) is 0 Å². The highest BCUT2D eigenvalue weighted by atomic mass is 19.1. The van der Waals surface area contributed by atoms with Gasteiger partial charge in [0.25, 0.3) is 5.91 Å². The van der Waals surface area contributed by atoms with Crippen molar-refractivity contribution in [2.75, 3.05) is 32.9 Å². The van der Waals surface area contributed by atoms with Crippen LogP contribution in [0.3, 0.4) is 0 Å². The van der Waals surface area contributed by atoms with Crippen LogP contribution in [0.25, 0.3) is 0 Å². The molecular weight excluding hydrogens is 261 g/mol. The molecule has 5 heteroatoms. The van der Waals surface area contributed by atoms with Gasteiger partial charge in [-0.05, 0) is 18.2 Å². The molecule has 4 nitrogen and oxygen atoms in total. The lowest BCUT2D eigenvalue weighted by Gasteiger charge is -2.27. The van der Waals surface area contributed by atoms with Crippen molar-refractivity contribution in [3.8, 4) is 11.8 Å². The highest BCUT2D eigenvalue weighted by Crippen LogP contribution is 2.14. The molecule has 1 N–H and O–H groups in total. The molecule has 1 aliphatic rings. The van der Waals surface area contributed by atoms with Crippen LogP contribution >= 0.6 is 0 Å². The topological polar surface area (TPSA) is 49.8 Å². The normalized spacial score (nSPS) is 14.6. The fourth-order valence-electron chi connectivity index (χ4n) is 1.96. The average Bonchev–Trinajstić information content (AvgIpc) is 2.48. The first-order valence-corrected chi connectivity index (χ1v) is 6.48. The van der Waals surface area contributed by atoms with Gasteiger partial charge in [0.1, 0.15) is 5.82 Å². The Balaban J connectivity index is 2.25. The first kappa shape index (κ1) is 14.5. The van der Waals surface area contributed by atoms with Crippen LogP contribution in [0.2, 0.25) is 0 Å². The molecule has 0 unspecified atom stereocenters. The minimum Gasteiger partial charge on any atom is -0.395 e. The van der Waals surface area contributed by atoms with E-state index < -0.39 is 5.82 Å². The van der Waals surface area contributed by atoms with Crippen molar-refractivity contribution < 1.29 is 19.0 Å². The van der Waals surface area contributed by atoms with E-state index in [2.05, 4.69) is 11.8 Å². The zero-order valence-corrected chi connectivity index (χ0v) is 11.1. The first-order valence-electron chi connectivity index (χ1n) is 6.48. The number of nitrogens with zero attached hydrogens (tertiary/aromatic N) is 1. The number of aliphatic hydroxyl groups is 1. The van der Waals surface area contributed by atoms with E-state index in [0.29, 0.717) is 43.9 Å². The van der Waals surface area contributed by atoms with Gasteiger partial charge in [0, 0.05) is 25.1 Å². The van der Waals surface area contributed by atoms with Gasteiger partial charge in [0.15, 0.2) is 0 Å². The highest BCUT2D eigenvalue weighted by molar-refractivity contribution is 5.96. The van der Waals surface area contributed by atoms with Gasteiger partial charge in [-0.25, -0.2) is 4.39 Å². The maximum atomic E-state index is 13.3. The molecule has 2 rings (SSSR count). The summed E-state index contributed by atoms with van der Waals surface area (Å²) in [6.45, 7) is 2.02. The van der Waals surface area contributed by atoms with E-state index in [1.165, 1.54) is 18.2 Å². The van der Waals surface area contributed by atoms with Crippen LogP contribution in [0.15, 0.2) is 18.2 Å². The molecule has 20 heavy (non-hydrogen) atoms. The SMILES string of the molecule is O=C(c1ccc(F)cc1C#CCCO)N1CCOCC1. The van der Waals surface area contributed by atoms with Crippen LogP contribution in [0.5, 0.6) is 0 Å². The molecule has 1 aromatic carbocycles. The molecule has 1 saturated heterocycles. The molecule has 1 fully saturated rings. The fourth-order valence-corrected chi connectivity index (χ4v) is 1.96. The number of amides is 1. The van der Waals surface area contributed by atoms with Crippen LogP contribution in [0.4, 0.5) is 4.39 Å². The lowest BCUT2D eigenvalue weighted by atomic mass is 10.1. The largest absolute Gasteiger partial charge is 0.395 e. The van der Waals surface area contributed by atoms with E-state index in [9.17, 15) is 9.18 Å². The van der Waals surface area contributed by atoms with Crippen molar-refractivity contribution in [2.45, 2.75) is 6.42 Å². The van der Waals surface area contributed by atoms with Crippen LogP contribution in [-0.2, 0) is 4.74 Å². The van der Waals surface area contributed by atoms with Crippen molar-refractivity contribution in [2.24, 2.45) is 0 Å². The van der Waals surface area contributed by atoms with E-state index in [1.807, 2.05) is 0 Å². The van der Waals surface area contributed by atoms with Gasteiger partial charge in [-0.2, -0.15) is 0 Å². The van der Waals surface area contributed by atoms with Crippen LogP contribution < -0.4 is 0 Å². The monoisotopic (exact) mass is 277 g/mol. The molecule has 0 aliphatic carbocycles. The number of hydrogen-bond acceptors (Lipinski definition) is 3. The van der Waals surface area contributed by atoms with Crippen molar-refractivity contribution in [1.82, 2.24) is 4.90 Å². The quantitative estimate of drug-likeness (QED) is 0.822. The molecule has 0 radical (unpaired) electrons. The summed E-state index contributed by atoms with van der Waals surface area (Å²) in [5, 5.41) is 8.72.